The molecule has 0 aliphatic carbocycles. The third-order valence-electron chi connectivity index (χ3n) is 3.99. The highest BCUT2D eigenvalue weighted by molar-refractivity contribution is 7.98. The molecule has 0 unspecified atom stereocenters. The monoisotopic (exact) mass is 441 g/mol. The number of non-ortho nitro benzene ring substituents is 1. The summed E-state index contributed by atoms with van der Waals surface area (Å²) in [6.07, 6.45) is 2.78. The van der Waals surface area contributed by atoms with Crippen LogP contribution >= 0.6 is 11.8 Å². The highest BCUT2D eigenvalue weighted by Gasteiger charge is 2.32. The van der Waals surface area contributed by atoms with E-state index in [-0.39, 0.29) is 17.8 Å². The topological polar surface area (TPSA) is 123 Å². The molecule has 0 aliphatic heterocycles. The molecule has 11 heteroatoms. The van der Waals surface area contributed by atoms with E-state index >= 15 is 0 Å². The standard InChI is InChI=1S/C18H23N3O6S2/c1-3-17(18(22)19-9-11-28-13-16-8-5-10-27-16)20(29(2,25)26)14-6-4-7-15(12-14)21(23)24/h4-8,10,12,17H,3,9,11,13H2,1-2H3,(H,19,22)/t17-/m0/s1. The first-order valence-corrected chi connectivity index (χ1v) is 11.9. The zero-order valence-corrected chi connectivity index (χ0v) is 17.7. The summed E-state index contributed by atoms with van der Waals surface area (Å²) in [5, 5.41) is 13.8. The van der Waals surface area contributed by atoms with Crippen LogP contribution in [-0.2, 0) is 20.6 Å². The normalized spacial score (nSPS) is 12.3. The number of nitrogens with zero attached hydrogens (tertiary/aromatic N) is 2. The summed E-state index contributed by atoms with van der Waals surface area (Å²) in [6, 6.07) is 7.89. The van der Waals surface area contributed by atoms with Crippen LogP contribution in [0.25, 0.3) is 0 Å². The average molecular weight is 442 g/mol. The van der Waals surface area contributed by atoms with Crippen molar-refractivity contribution in [2.24, 2.45) is 0 Å². The molecule has 1 aromatic heterocycles. The zero-order chi connectivity index (χ0) is 21.4. The molecular weight excluding hydrogens is 418 g/mol. The summed E-state index contributed by atoms with van der Waals surface area (Å²) < 4.78 is 30.9. The van der Waals surface area contributed by atoms with Crippen LogP contribution in [0.1, 0.15) is 19.1 Å². The van der Waals surface area contributed by atoms with Gasteiger partial charge < -0.3 is 9.73 Å². The van der Waals surface area contributed by atoms with Crippen molar-refractivity contribution in [1.29, 1.82) is 0 Å². The van der Waals surface area contributed by atoms with Crippen molar-refractivity contribution in [3.63, 3.8) is 0 Å². The Morgan fingerprint density at radius 3 is 2.69 bits per heavy atom. The minimum absolute atomic E-state index is 0.0795. The number of carbonyl (C=O) groups is 1. The number of rotatable bonds is 11. The number of nitro benzene ring substituents is 1. The molecule has 0 bridgehead atoms. The van der Waals surface area contributed by atoms with Crippen LogP contribution < -0.4 is 9.62 Å². The maximum absolute atomic E-state index is 12.7. The van der Waals surface area contributed by atoms with Crippen molar-refractivity contribution < 1.29 is 22.6 Å². The molecule has 9 nitrogen and oxygen atoms in total. The molecule has 29 heavy (non-hydrogen) atoms. The van der Waals surface area contributed by atoms with Crippen molar-refractivity contribution in [2.45, 2.75) is 25.1 Å². The molecule has 158 valence electrons. The Balaban J connectivity index is 2.06. The average Bonchev–Trinajstić information content (AvgIpc) is 3.18. The van der Waals surface area contributed by atoms with Gasteiger partial charge in [-0.2, -0.15) is 11.8 Å². The second-order valence-corrected chi connectivity index (χ2v) is 9.15. The number of anilines is 1. The van der Waals surface area contributed by atoms with E-state index in [1.165, 1.54) is 18.2 Å². The Kier molecular flexibility index (Phi) is 8.09. The predicted molar refractivity (Wildman–Crippen MR) is 112 cm³/mol. The predicted octanol–water partition coefficient (Wildman–Crippen LogP) is 2.78. The van der Waals surface area contributed by atoms with Gasteiger partial charge in [0.25, 0.3) is 5.69 Å². The number of nitrogens with one attached hydrogen (secondary N) is 1. The van der Waals surface area contributed by atoms with Crippen molar-refractivity contribution in [1.82, 2.24) is 5.32 Å². The molecule has 2 rings (SSSR count). The number of hydrogen-bond acceptors (Lipinski definition) is 7. The highest BCUT2D eigenvalue weighted by atomic mass is 32.2. The number of carbonyl (C=O) groups excluding carboxylic acids is 1. The first-order chi connectivity index (χ1) is 13.7. The molecule has 0 saturated carbocycles. The van der Waals surface area contributed by atoms with Gasteiger partial charge in [0.1, 0.15) is 11.8 Å². The van der Waals surface area contributed by atoms with Crippen LogP contribution in [0.15, 0.2) is 47.1 Å². The molecule has 1 aromatic carbocycles. The van der Waals surface area contributed by atoms with Crippen LogP contribution in [0.4, 0.5) is 11.4 Å². The van der Waals surface area contributed by atoms with Gasteiger partial charge in [-0.25, -0.2) is 8.42 Å². The lowest BCUT2D eigenvalue weighted by Crippen LogP contribution is -2.49. The Labute approximate surface area is 173 Å². The molecule has 1 amide bonds. The van der Waals surface area contributed by atoms with Crippen LogP contribution in [0.3, 0.4) is 0 Å². The van der Waals surface area contributed by atoms with Crippen LogP contribution in [0.5, 0.6) is 0 Å². The first-order valence-electron chi connectivity index (χ1n) is 8.85. The van der Waals surface area contributed by atoms with Crippen LogP contribution in [0, 0.1) is 10.1 Å². The maximum Gasteiger partial charge on any atom is 0.271 e. The van der Waals surface area contributed by atoms with Gasteiger partial charge in [-0.1, -0.05) is 13.0 Å². The SMILES string of the molecule is CC[C@@H](C(=O)NCCSCc1ccco1)N(c1cccc([N+](=O)[O-])c1)S(C)(=O)=O. The highest BCUT2D eigenvalue weighted by Crippen LogP contribution is 2.26. The van der Waals surface area contributed by atoms with E-state index < -0.39 is 26.9 Å². The van der Waals surface area contributed by atoms with Crippen molar-refractivity contribution in [2.75, 3.05) is 22.9 Å². The molecule has 0 fully saturated rings. The minimum atomic E-state index is -3.85. The summed E-state index contributed by atoms with van der Waals surface area (Å²) in [4.78, 5) is 23.1. The van der Waals surface area contributed by atoms with Gasteiger partial charge in [-0.15, -0.1) is 0 Å². The van der Waals surface area contributed by atoms with E-state index in [1.54, 1.807) is 31.0 Å². The number of nitro groups is 1. The molecular formula is C18H23N3O6S2. The van der Waals surface area contributed by atoms with Gasteiger partial charge in [0, 0.05) is 24.4 Å². The minimum Gasteiger partial charge on any atom is -0.468 e. The molecule has 1 heterocycles. The van der Waals surface area contributed by atoms with Gasteiger partial charge in [-0.05, 0) is 24.6 Å². The fourth-order valence-corrected chi connectivity index (χ4v) is 4.70. The molecule has 0 radical (unpaired) electrons. The van der Waals surface area contributed by atoms with Crippen LogP contribution in [-0.4, -0.2) is 43.8 Å². The molecule has 1 N–H and O–H groups in total. The van der Waals surface area contributed by atoms with Crippen LogP contribution in [0.2, 0.25) is 0 Å². The lowest BCUT2D eigenvalue weighted by atomic mass is 10.2. The molecule has 1 atom stereocenters. The van der Waals surface area contributed by atoms with Gasteiger partial charge in [0.2, 0.25) is 15.9 Å². The van der Waals surface area contributed by atoms with E-state index in [2.05, 4.69) is 5.32 Å². The molecule has 0 aliphatic rings. The largest absolute Gasteiger partial charge is 0.468 e. The number of furan rings is 1. The van der Waals surface area contributed by atoms with Gasteiger partial charge in [0.15, 0.2) is 0 Å². The van der Waals surface area contributed by atoms with E-state index in [4.69, 9.17) is 4.42 Å². The van der Waals surface area contributed by atoms with Gasteiger partial charge in [0.05, 0.1) is 28.9 Å². The van der Waals surface area contributed by atoms with Crippen molar-refractivity contribution >= 4 is 39.1 Å². The number of amides is 1. The second-order valence-electron chi connectivity index (χ2n) is 6.18. The Morgan fingerprint density at radius 1 is 1.34 bits per heavy atom. The number of sulfonamides is 1. The van der Waals surface area contributed by atoms with E-state index in [1.807, 2.05) is 6.07 Å². The zero-order valence-electron chi connectivity index (χ0n) is 16.1. The quantitative estimate of drug-likeness (QED) is 0.323. The van der Waals surface area contributed by atoms with E-state index in [9.17, 15) is 23.3 Å². The summed E-state index contributed by atoms with van der Waals surface area (Å²) in [5.74, 6) is 1.67. The Morgan fingerprint density at radius 2 is 2.10 bits per heavy atom. The lowest BCUT2D eigenvalue weighted by molar-refractivity contribution is -0.384. The number of hydrogen-bond donors (Lipinski definition) is 1. The second kappa shape index (κ2) is 10.3. The Bertz CT molecular complexity index is 931. The van der Waals surface area contributed by atoms with E-state index in [0.29, 0.717) is 18.1 Å². The lowest BCUT2D eigenvalue weighted by Gasteiger charge is -2.30. The molecule has 0 saturated heterocycles. The summed E-state index contributed by atoms with van der Waals surface area (Å²) >= 11 is 1.57. The number of benzene rings is 1. The van der Waals surface area contributed by atoms with Gasteiger partial charge >= 0.3 is 0 Å². The fourth-order valence-electron chi connectivity index (χ4n) is 2.74. The Hall–Kier alpha value is -2.53. The third-order valence-corrected chi connectivity index (χ3v) is 6.16. The summed E-state index contributed by atoms with van der Waals surface area (Å²) in [6.45, 7) is 2.04. The van der Waals surface area contributed by atoms with E-state index in [0.717, 1.165) is 22.4 Å². The maximum atomic E-state index is 12.7. The molecule has 2 aromatic rings. The summed E-state index contributed by atoms with van der Waals surface area (Å²) in [5.41, 5.74) is -0.170. The third kappa shape index (κ3) is 6.50. The van der Waals surface area contributed by atoms with Gasteiger partial charge in [-0.3, -0.25) is 19.2 Å². The fraction of sp³-hybridized carbons (Fsp3) is 0.389. The smallest absolute Gasteiger partial charge is 0.271 e. The van der Waals surface area contributed by atoms with Crippen molar-refractivity contribution in [3.05, 3.63) is 58.5 Å². The molecule has 0 spiro atoms. The number of thioether (sulfide) groups is 1. The summed E-state index contributed by atoms with van der Waals surface area (Å²) in [7, 11) is -3.85. The van der Waals surface area contributed by atoms with Crippen molar-refractivity contribution in [3.8, 4) is 0 Å². The first kappa shape index (κ1) is 22.8.